The molecule has 1 aromatic rings. The van der Waals surface area contributed by atoms with E-state index in [1.807, 2.05) is 4.72 Å². The summed E-state index contributed by atoms with van der Waals surface area (Å²) in [6.07, 6.45) is 15.2. The van der Waals surface area contributed by atoms with Crippen molar-refractivity contribution in [1.29, 1.82) is 0 Å². The van der Waals surface area contributed by atoms with Crippen LogP contribution >= 0.6 is 0 Å². The minimum absolute atomic E-state index is 0.0967. The lowest BCUT2D eigenvalue weighted by molar-refractivity contribution is -0.144. The summed E-state index contributed by atoms with van der Waals surface area (Å²) in [5.74, 6) is -4.66. The monoisotopic (exact) mass is 700 g/mol. The smallest absolute Gasteiger partial charge is 0.326 e. The highest BCUT2D eigenvalue weighted by Gasteiger charge is 2.24. The topological polar surface area (TPSA) is 238 Å². The Morgan fingerprint density at radius 2 is 1.29 bits per heavy atom. The van der Waals surface area contributed by atoms with Crippen LogP contribution in [0.3, 0.4) is 0 Å². The Bertz CT molecular complexity index is 1190. The predicted molar refractivity (Wildman–Crippen MR) is 178 cm³/mol. The number of unbranched alkanes of at least 4 members (excludes halogenated alkanes) is 12. The SMILES string of the molecule is CCCC(CC(=O)CCC(NC(=O)CCCS(=O)(=O)NC(=O)CCCCCCCCCCCCCCCc1nn[nH]n1)C(=O)O)C(=O)O. The maximum absolute atomic E-state index is 12.3. The van der Waals surface area contributed by atoms with Crippen LogP contribution in [-0.2, 0) is 40.4 Å². The normalized spacial score (nSPS) is 12.7. The molecule has 0 saturated heterocycles. The second-order valence-electron chi connectivity index (χ2n) is 12.4. The molecule has 2 atom stereocenters. The number of rotatable bonds is 31. The Kier molecular flexibility index (Phi) is 22.7. The first-order chi connectivity index (χ1) is 22.9. The predicted octanol–water partition coefficient (Wildman–Crippen LogP) is 4.24. The van der Waals surface area contributed by atoms with Crippen LogP contribution in [0.2, 0.25) is 0 Å². The highest BCUT2D eigenvalue weighted by molar-refractivity contribution is 7.90. The average molecular weight is 701 g/mol. The largest absolute Gasteiger partial charge is 0.481 e. The van der Waals surface area contributed by atoms with Crippen molar-refractivity contribution in [2.45, 2.75) is 154 Å². The number of aromatic nitrogens is 4. The van der Waals surface area contributed by atoms with E-state index in [4.69, 9.17) is 0 Å². The molecule has 1 aromatic heterocycles. The van der Waals surface area contributed by atoms with Crippen molar-refractivity contribution >= 4 is 39.6 Å². The van der Waals surface area contributed by atoms with Gasteiger partial charge in [0.25, 0.3) is 0 Å². The number of carboxylic acid groups (broad SMARTS) is 2. The van der Waals surface area contributed by atoms with E-state index in [1.54, 1.807) is 6.92 Å². The van der Waals surface area contributed by atoms with Gasteiger partial charge in [0.15, 0.2) is 5.82 Å². The lowest BCUT2D eigenvalue weighted by Crippen LogP contribution is -2.41. The Morgan fingerprint density at radius 3 is 1.81 bits per heavy atom. The van der Waals surface area contributed by atoms with Gasteiger partial charge < -0.3 is 15.5 Å². The molecule has 0 aromatic carbocycles. The summed E-state index contributed by atoms with van der Waals surface area (Å²) >= 11 is 0. The number of hydrogen-bond acceptors (Lipinski definition) is 10. The number of aromatic amines is 1. The fourth-order valence-electron chi connectivity index (χ4n) is 5.37. The van der Waals surface area contributed by atoms with Crippen molar-refractivity contribution in [2.75, 3.05) is 5.75 Å². The van der Waals surface area contributed by atoms with E-state index in [9.17, 15) is 42.6 Å². The molecule has 0 aliphatic rings. The highest BCUT2D eigenvalue weighted by Crippen LogP contribution is 2.15. The van der Waals surface area contributed by atoms with E-state index in [0.717, 1.165) is 44.3 Å². The Morgan fingerprint density at radius 1 is 0.729 bits per heavy atom. The van der Waals surface area contributed by atoms with Crippen molar-refractivity contribution in [3.05, 3.63) is 5.82 Å². The van der Waals surface area contributed by atoms with E-state index in [0.29, 0.717) is 19.3 Å². The van der Waals surface area contributed by atoms with Gasteiger partial charge in [-0.25, -0.2) is 13.2 Å². The lowest BCUT2D eigenvalue weighted by Gasteiger charge is -2.15. The summed E-state index contributed by atoms with van der Waals surface area (Å²) in [6.45, 7) is 1.80. The van der Waals surface area contributed by atoms with Gasteiger partial charge in [0.05, 0.1) is 11.7 Å². The van der Waals surface area contributed by atoms with Gasteiger partial charge in [-0.05, 0) is 32.1 Å². The molecule has 0 aliphatic heterocycles. The first-order valence-electron chi connectivity index (χ1n) is 17.5. The molecule has 0 saturated carbocycles. The number of amides is 2. The van der Waals surface area contributed by atoms with E-state index >= 15 is 0 Å². The van der Waals surface area contributed by atoms with Crippen LogP contribution in [0.5, 0.6) is 0 Å². The van der Waals surface area contributed by atoms with Crippen LogP contribution in [0.4, 0.5) is 0 Å². The summed E-state index contributed by atoms with van der Waals surface area (Å²) in [6, 6.07) is -1.37. The van der Waals surface area contributed by atoms with Crippen LogP contribution in [0, 0.1) is 5.92 Å². The molecule has 274 valence electrons. The minimum Gasteiger partial charge on any atom is -0.481 e. The molecule has 0 radical (unpaired) electrons. The molecule has 2 unspecified atom stereocenters. The summed E-state index contributed by atoms with van der Waals surface area (Å²) in [5.41, 5.74) is 0. The quantitative estimate of drug-likeness (QED) is 0.0684. The van der Waals surface area contributed by atoms with Crippen molar-refractivity contribution < 1.29 is 42.6 Å². The van der Waals surface area contributed by atoms with Crippen molar-refractivity contribution in [3.63, 3.8) is 0 Å². The molecule has 2 amide bonds. The molecule has 0 spiro atoms. The van der Waals surface area contributed by atoms with E-state index in [1.165, 1.54) is 44.9 Å². The third kappa shape index (κ3) is 22.2. The molecule has 5 N–H and O–H groups in total. The van der Waals surface area contributed by atoms with Gasteiger partial charge >= 0.3 is 11.9 Å². The number of nitrogens with one attached hydrogen (secondary N) is 3. The number of aliphatic carboxylic acids is 2. The standard InChI is InChI=1S/C32H56N6O9S/c1-2-17-25(31(42)43)24-26(39)21-22-27(32(44)45)33-29(40)20-16-23-48(46,47)36-30(41)19-15-13-11-9-7-5-3-4-6-8-10-12-14-18-28-34-37-38-35-28/h25,27H,2-24H2,1H3,(H,33,40)(H,36,41)(H,42,43)(H,44,45)(H,34,35,37,38). The summed E-state index contributed by atoms with van der Waals surface area (Å²) in [5, 5.41) is 34.8. The zero-order chi connectivity index (χ0) is 35.6. The number of hydrogen-bond donors (Lipinski definition) is 5. The minimum atomic E-state index is -3.94. The van der Waals surface area contributed by atoms with Crippen LogP contribution < -0.4 is 10.0 Å². The third-order valence-corrected chi connectivity index (χ3v) is 9.45. The van der Waals surface area contributed by atoms with Crippen LogP contribution in [0.25, 0.3) is 0 Å². The third-order valence-electron chi connectivity index (χ3n) is 8.09. The summed E-state index contributed by atoms with van der Waals surface area (Å²) in [7, 11) is -3.94. The zero-order valence-corrected chi connectivity index (χ0v) is 29.2. The number of H-pyrrole nitrogens is 1. The maximum atomic E-state index is 12.3. The molecule has 16 heteroatoms. The van der Waals surface area contributed by atoms with Crippen LogP contribution in [-0.4, -0.2) is 80.6 Å². The molecule has 0 fully saturated rings. The summed E-state index contributed by atoms with van der Waals surface area (Å²) < 4.78 is 26.5. The number of nitrogens with zero attached hydrogens (tertiary/aromatic N) is 3. The Balaban J connectivity index is 2.08. The molecule has 1 rings (SSSR count). The molecular weight excluding hydrogens is 644 g/mol. The maximum Gasteiger partial charge on any atom is 0.326 e. The lowest BCUT2D eigenvalue weighted by atomic mass is 9.95. The van der Waals surface area contributed by atoms with Gasteiger partial charge in [-0.3, -0.25) is 23.9 Å². The van der Waals surface area contributed by atoms with E-state index in [2.05, 4.69) is 25.9 Å². The van der Waals surface area contributed by atoms with E-state index in [-0.39, 0.29) is 38.5 Å². The average Bonchev–Trinajstić information content (AvgIpc) is 3.54. The number of sulfonamides is 1. The number of carbonyl (C=O) groups is 5. The second-order valence-corrected chi connectivity index (χ2v) is 14.3. The molecule has 0 bridgehead atoms. The van der Waals surface area contributed by atoms with Gasteiger partial charge in [0.2, 0.25) is 21.8 Å². The Labute approximate surface area is 284 Å². The van der Waals surface area contributed by atoms with Gasteiger partial charge in [0.1, 0.15) is 11.8 Å². The zero-order valence-electron chi connectivity index (χ0n) is 28.4. The highest BCUT2D eigenvalue weighted by atomic mass is 32.2. The van der Waals surface area contributed by atoms with Gasteiger partial charge in [0, 0.05) is 32.1 Å². The van der Waals surface area contributed by atoms with Crippen molar-refractivity contribution in [1.82, 2.24) is 30.7 Å². The fraction of sp³-hybridized carbons (Fsp3) is 0.812. The van der Waals surface area contributed by atoms with Crippen molar-refractivity contribution in [3.8, 4) is 0 Å². The van der Waals surface area contributed by atoms with Gasteiger partial charge in [-0.15, -0.1) is 10.2 Å². The number of carboxylic acids is 2. The number of ketones is 1. The molecule has 15 nitrogen and oxygen atoms in total. The summed E-state index contributed by atoms with van der Waals surface area (Å²) in [4.78, 5) is 59.3. The van der Waals surface area contributed by atoms with Gasteiger partial charge in [-0.2, -0.15) is 5.21 Å². The first kappa shape index (κ1) is 42.6. The second kappa shape index (κ2) is 25.6. The van der Waals surface area contributed by atoms with Gasteiger partial charge in [-0.1, -0.05) is 89.2 Å². The number of tetrazole rings is 1. The number of Topliss-reactive ketones (excluding diaryl/α,β-unsaturated/α-hetero) is 1. The Hall–Kier alpha value is -3.43. The first-order valence-corrected chi connectivity index (χ1v) is 19.1. The molecule has 48 heavy (non-hydrogen) atoms. The number of aryl methyl sites for hydroxylation is 1. The molecule has 1 heterocycles. The fourth-order valence-corrected chi connectivity index (χ4v) is 6.44. The van der Waals surface area contributed by atoms with E-state index < -0.39 is 57.3 Å². The molecular formula is C32H56N6O9S. The molecule has 0 aliphatic carbocycles. The number of carbonyl (C=O) groups excluding carboxylic acids is 3. The van der Waals surface area contributed by atoms with Crippen LogP contribution in [0.15, 0.2) is 0 Å². The van der Waals surface area contributed by atoms with Crippen molar-refractivity contribution in [2.24, 2.45) is 5.92 Å². The van der Waals surface area contributed by atoms with Crippen LogP contribution in [0.1, 0.15) is 148 Å².